The van der Waals surface area contributed by atoms with Gasteiger partial charge in [0.1, 0.15) is 15.7 Å². The first kappa shape index (κ1) is 22.9. The van der Waals surface area contributed by atoms with Crippen LogP contribution < -0.4 is 4.74 Å². The zero-order valence-electron chi connectivity index (χ0n) is 18.1. The average Bonchev–Trinajstić information content (AvgIpc) is 3.44. The van der Waals surface area contributed by atoms with E-state index in [-0.39, 0.29) is 22.3 Å². The van der Waals surface area contributed by atoms with Crippen LogP contribution in [-0.4, -0.2) is 37.2 Å². The summed E-state index contributed by atoms with van der Waals surface area (Å²) < 4.78 is 38.9. The number of nitrogens with zero attached hydrogens (tertiary/aromatic N) is 1. The fraction of sp³-hybridized carbons (Fsp3) is 0.208. The van der Waals surface area contributed by atoms with Crippen molar-refractivity contribution in [2.45, 2.75) is 24.0 Å². The minimum atomic E-state index is -3.88. The summed E-state index contributed by atoms with van der Waals surface area (Å²) in [6.07, 6.45) is 2.06. The second-order valence-corrected chi connectivity index (χ2v) is 10.4. The Morgan fingerprint density at radius 1 is 1.09 bits per heavy atom. The second kappa shape index (κ2) is 9.29. The lowest BCUT2D eigenvalue weighted by Gasteiger charge is -2.06. The molecule has 0 aliphatic heterocycles. The van der Waals surface area contributed by atoms with Gasteiger partial charge in [-0.3, -0.25) is 4.79 Å². The predicted molar refractivity (Wildman–Crippen MR) is 127 cm³/mol. The molecule has 0 aliphatic rings. The maximum absolute atomic E-state index is 13.6. The highest BCUT2D eigenvalue weighted by atomic mass is 32.2. The van der Waals surface area contributed by atoms with Crippen molar-refractivity contribution in [3.05, 3.63) is 66.4 Å². The molecule has 2 aromatic carbocycles. The number of aromatic hydroxyl groups is 1. The number of carbonyl (C=O) groups excluding carboxylic acids is 1. The summed E-state index contributed by atoms with van der Waals surface area (Å²) in [4.78, 5) is 12.6. The maximum Gasteiger partial charge on any atom is 0.306 e. The number of aromatic nitrogens is 1. The number of phenols is 1. The summed E-state index contributed by atoms with van der Waals surface area (Å²) in [6.45, 7) is 2.04. The molecule has 0 fully saturated rings. The molecule has 0 spiro atoms. The summed E-state index contributed by atoms with van der Waals surface area (Å²) in [5.41, 5.74) is 2.04. The van der Waals surface area contributed by atoms with Crippen LogP contribution in [0.15, 0.2) is 65.0 Å². The minimum Gasteiger partial charge on any atom is -0.508 e. The Kier molecular flexibility index (Phi) is 6.44. The molecule has 0 saturated heterocycles. The number of aryl methyl sites for hydroxylation is 1. The molecule has 0 aliphatic carbocycles. The first-order chi connectivity index (χ1) is 15.8. The van der Waals surface area contributed by atoms with Crippen LogP contribution in [-0.2, 0) is 26.0 Å². The number of phenolic OH excluding ortho intramolecular Hbond substituents is 1. The number of fused-ring (bicyclic) bond motifs is 1. The van der Waals surface area contributed by atoms with E-state index in [2.05, 4.69) is 0 Å². The van der Waals surface area contributed by atoms with Crippen LogP contribution in [0.25, 0.3) is 21.3 Å². The molecule has 0 bridgehead atoms. The van der Waals surface area contributed by atoms with Gasteiger partial charge in [-0.05, 0) is 79.1 Å². The number of hydrogen-bond donors (Lipinski definition) is 1. The third kappa shape index (κ3) is 4.60. The molecule has 1 N–H and O–H groups in total. The highest BCUT2D eigenvalue weighted by Crippen LogP contribution is 2.35. The van der Waals surface area contributed by atoms with Crippen LogP contribution in [0.5, 0.6) is 11.5 Å². The number of benzene rings is 2. The third-order valence-corrected chi connectivity index (χ3v) is 8.49. The number of esters is 1. The standard InChI is InChI=1S/C24H23NO6S2/c1-3-31-23(27)12-6-17-15-25(21-10-9-19(30-2)14-20(17)21)33(28,29)24-13-11-22(32-24)16-4-7-18(26)8-5-16/h4-5,7-11,13-15,26H,3,6,12H2,1-2H3. The summed E-state index contributed by atoms with van der Waals surface area (Å²) in [5, 5.41) is 10.2. The molecule has 0 radical (unpaired) electrons. The van der Waals surface area contributed by atoms with E-state index in [1.807, 2.05) is 0 Å². The molecule has 0 amide bonds. The Hall–Kier alpha value is -3.30. The van der Waals surface area contributed by atoms with Gasteiger partial charge in [-0.1, -0.05) is 0 Å². The summed E-state index contributed by atoms with van der Waals surface area (Å²) in [6, 6.07) is 15.1. The van der Waals surface area contributed by atoms with Gasteiger partial charge in [-0.25, -0.2) is 3.97 Å². The van der Waals surface area contributed by atoms with Crippen molar-refractivity contribution in [1.29, 1.82) is 0 Å². The molecule has 0 atom stereocenters. The first-order valence-electron chi connectivity index (χ1n) is 10.3. The van der Waals surface area contributed by atoms with Crippen LogP contribution in [0.2, 0.25) is 0 Å². The normalized spacial score (nSPS) is 11.6. The number of methoxy groups -OCH3 is 1. The Morgan fingerprint density at radius 3 is 2.55 bits per heavy atom. The number of ether oxygens (including phenoxy) is 2. The Bertz CT molecular complexity index is 1400. The van der Waals surface area contributed by atoms with Crippen LogP contribution in [0.4, 0.5) is 0 Å². The van der Waals surface area contributed by atoms with Crippen molar-refractivity contribution in [3.8, 4) is 21.9 Å². The molecular formula is C24H23NO6S2. The van der Waals surface area contributed by atoms with Crippen LogP contribution >= 0.6 is 11.3 Å². The number of carbonyl (C=O) groups is 1. The molecular weight excluding hydrogens is 462 g/mol. The average molecular weight is 486 g/mol. The largest absolute Gasteiger partial charge is 0.508 e. The Balaban J connectivity index is 1.75. The Labute approximate surface area is 195 Å². The first-order valence-corrected chi connectivity index (χ1v) is 12.6. The van der Waals surface area contributed by atoms with E-state index in [4.69, 9.17) is 9.47 Å². The molecule has 0 saturated carbocycles. The minimum absolute atomic E-state index is 0.146. The second-order valence-electron chi connectivity index (χ2n) is 7.31. The zero-order chi connectivity index (χ0) is 23.6. The van der Waals surface area contributed by atoms with Gasteiger partial charge in [0.25, 0.3) is 10.0 Å². The van der Waals surface area contributed by atoms with Gasteiger partial charge >= 0.3 is 5.97 Å². The van der Waals surface area contributed by atoms with Crippen molar-refractivity contribution in [2.75, 3.05) is 13.7 Å². The van der Waals surface area contributed by atoms with Crippen molar-refractivity contribution >= 4 is 38.2 Å². The van der Waals surface area contributed by atoms with E-state index in [0.717, 1.165) is 27.3 Å². The van der Waals surface area contributed by atoms with Gasteiger partial charge in [0.15, 0.2) is 0 Å². The highest BCUT2D eigenvalue weighted by Gasteiger charge is 2.24. The molecule has 7 nitrogen and oxygen atoms in total. The topological polar surface area (TPSA) is 94.8 Å². The molecule has 4 aromatic rings. The summed E-state index contributed by atoms with van der Waals surface area (Å²) in [7, 11) is -2.33. The predicted octanol–water partition coefficient (Wildman–Crippen LogP) is 4.82. The smallest absolute Gasteiger partial charge is 0.306 e. The van der Waals surface area contributed by atoms with E-state index in [0.29, 0.717) is 29.7 Å². The van der Waals surface area contributed by atoms with E-state index in [1.54, 1.807) is 74.8 Å². The lowest BCUT2D eigenvalue weighted by Crippen LogP contribution is -2.10. The van der Waals surface area contributed by atoms with Gasteiger partial charge in [0.05, 0.1) is 19.2 Å². The highest BCUT2D eigenvalue weighted by molar-refractivity contribution is 7.92. The molecule has 2 aromatic heterocycles. The number of thiophene rings is 1. The van der Waals surface area contributed by atoms with Crippen LogP contribution in [0.3, 0.4) is 0 Å². The van der Waals surface area contributed by atoms with Crippen molar-refractivity contribution in [2.24, 2.45) is 0 Å². The van der Waals surface area contributed by atoms with E-state index in [9.17, 15) is 18.3 Å². The van der Waals surface area contributed by atoms with Crippen molar-refractivity contribution < 1.29 is 27.8 Å². The molecule has 9 heteroatoms. The lowest BCUT2D eigenvalue weighted by atomic mass is 10.1. The summed E-state index contributed by atoms with van der Waals surface area (Å²) >= 11 is 1.15. The van der Waals surface area contributed by atoms with E-state index in [1.165, 1.54) is 3.97 Å². The van der Waals surface area contributed by atoms with Gasteiger partial charge < -0.3 is 14.6 Å². The van der Waals surface area contributed by atoms with Crippen molar-refractivity contribution in [3.63, 3.8) is 0 Å². The molecule has 172 valence electrons. The van der Waals surface area contributed by atoms with Crippen LogP contribution in [0, 0.1) is 0 Å². The molecule has 4 rings (SSSR count). The monoisotopic (exact) mass is 485 g/mol. The number of rotatable bonds is 8. The van der Waals surface area contributed by atoms with Gasteiger partial charge in [-0.15, -0.1) is 11.3 Å². The van der Waals surface area contributed by atoms with E-state index < -0.39 is 10.0 Å². The third-order valence-electron chi connectivity index (χ3n) is 5.21. The van der Waals surface area contributed by atoms with Gasteiger partial charge in [0, 0.05) is 22.9 Å². The van der Waals surface area contributed by atoms with Gasteiger partial charge in [0.2, 0.25) is 0 Å². The number of hydrogen-bond acceptors (Lipinski definition) is 7. The van der Waals surface area contributed by atoms with Gasteiger partial charge in [-0.2, -0.15) is 8.42 Å². The fourth-order valence-corrected chi connectivity index (χ4v) is 6.37. The fourth-order valence-electron chi connectivity index (χ4n) is 3.58. The molecule has 33 heavy (non-hydrogen) atoms. The van der Waals surface area contributed by atoms with Crippen molar-refractivity contribution in [1.82, 2.24) is 3.97 Å². The van der Waals surface area contributed by atoms with E-state index >= 15 is 0 Å². The molecule has 2 heterocycles. The maximum atomic E-state index is 13.6. The van der Waals surface area contributed by atoms with Crippen LogP contribution in [0.1, 0.15) is 18.9 Å². The quantitative estimate of drug-likeness (QED) is 0.360. The zero-order valence-corrected chi connectivity index (χ0v) is 19.8. The Morgan fingerprint density at radius 2 is 1.85 bits per heavy atom. The molecule has 0 unspecified atom stereocenters. The summed E-state index contributed by atoms with van der Waals surface area (Å²) in [5.74, 6) is 0.412. The SMILES string of the molecule is CCOC(=O)CCc1cn(S(=O)(=O)c2ccc(-c3ccc(O)cc3)s2)c2ccc(OC)cc12. The lowest BCUT2D eigenvalue weighted by molar-refractivity contribution is -0.143.